The van der Waals surface area contributed by atoms with Crippen LogP contribution in [0, 0.1) is 5.82 Å². The fraction of sp³-hybridized carbons (Fsp3) is 0.294. The summed E-state index contributed by atoms with van der Waals surface area (Å²) in [7, 11) is 1.96. The maximum Gasteiger partial charge on any atom is 0.123 e. The molecule has 1 unspecified atom stereocenters. The van der Waals surface area contributed by atoms with E-state index < -0.39 is 0 Å². The van der Waals surface area contributed by atoms with Crippen LogP contribution in [0.4, 0.5) is 4.39 Å². The average molecular weight is 257 g/mol. The summed E-state index contributed by atoms with van der Waals surface area (Å²) >= 11 is 0. The Morgan fingerprint density at radius 1 is 0.947 bits per heavy atom. The third-order valence-corrected chi connectivity index (χ3v) is 3.49. The summed E-state index contributed by atoms with van der Waals surface area (Å²) in [6, 6.07) is 15.7. The van der Waals surface area contributed by atoms with Gasteiger partial charge in [0.25, 0.3) is 0 Å². The number of likely N-dealkylation sites (N-methyl/N-ethyl adjacent to an activating group) is 1. The first-order valence-corrected chi connectivity index (χ1v) is 6.73. The van der Waals surface area contributed by atoms with Gasteiger partial charge in [0.05, 0.1) is 0 Å². The van der Waals surface area contributed by atoms with Gasteiger partial charge in [0.2, 0.25) is 0 Å². The second kappa shape index (κ2) is 6.48. The largest absolute Gasteiger partial charge is 0.313 e. The van der Waals surface area contributed by atoms with Gasteiger partial charge in [-0.25, -0.2) is 4.39 Å². The molecule has 0 heterocycles. The molecule has 0 aliphatic carbocycles. The van der Waals surface area contributed by atoms with Gasteiger partial charge in [-0.2, -0.15) is 0 Å². The first-order valence-electron chi connectivity index (χ1n) is 6.73. The molecule has 1 nitrogen and oxygen atoms in total. The Labute approximate surface area is 114 Å². The predicted molar refractivity (Wildman–Crippen MR) is 77.7 cm³/mol. The van der Waals surface area contributed by atoms with Gasteiger partial charge >= 0.3 is 0 Å². The third-order valence-electron chi connectivity index (χ3n) is 3.49. The van der Waals surface area contributed by atoms with E-state index in [1.54, 1.807) is 0 Å². The van der Waals surface area contributed by atoms with Crippen LogP contribution < -0.4 is 5.32 Å². The smallest absolute Gasteiger partial charge is 0.123 e. The molecule has 1 N–H and O–H groups in total. The minimum Gasteiger partial charge on any atom is -0.313 e. The molecule has 2 rings (SSSR count). The molecule has 0 aliphatic heterocycles. The Hall–Kier alpha value is -1.67. The molecule has 0 saturated carbocycles. The van der Waals surface area contributed by atoms with Crippen LogP contribution in [0.25, 0.3) is 0 Å². The molecule has 0 fully saturated rings. The topological polar surface area (TPSA) is 12.0 Å². The minimum atomic E-state index is -0.183. The third kappa shape index (κ3) is 3.65. The Balaban J connectivity index is 2.12. The lowest BCUT2D eigenvalue weighted by molar-refractivity contribution is 0.588. The molecule has 0 saturated heterocycles. The van der Waals surface area contributed by atoms with E-state index in [0.29, 0.717) is 0 Å². The normalized spacial score (nSPS) is 12.4. The molecule has 2 heteroatoms. The van der Waals surface area contributed by atoms with E-state index in [9.17, 15) is 4.39 Å². The fourth-order valence-electron chi connectivity index (χ4n) is 2.23. The Kier molecular flexibility index (Phi) is 4.69. The van der Waals surface area contributed by atoms with Crippen molar-refractivity contribution in [1.29, 1.82) is 0 Å². The van der Waals surface area contributed by atoms with Crippen molar-refractivity contribution in [2.75, 3.05) is 7.05 Å². The van der Waals surface area contributed by atoms with Gasteiger partial charge in [-0.3, -0.25) is 0 Å². The van der Waals surface area contributed by atoms with Crippen molar-refractivity contribution in [3.8, 4) is 0 Å². The molecule has 0 aliphatic rings. The molecule has 0 aromatic heterocycles. The molecule has 1 atom stereocenters. The van der Waals surface area contributed by atoms with Gasteiger partial charge in [-0.1, -0.05) is 43.3 Å². The molecule has 2 aromatic rings. The van der Waals surface area contributed by atoms with Crippen LogP contribution in [0.3, 0.4) is 0 Å². The molecular formula is C17H20FN. The fourth-order valence-corrected chi connectivity index (χ4v) is 2.23. The van der Waals surface area contributed by atoms with Crippen LogP contribution in [0.2, 0.25) is 0 Å². The second-order valence-corrected chi connectivity index (χ2v) is 4.77. The number of nitrogens with one attached hydrogen (secondary N) is 1. The number of rotatable bonds is 5. The number of aryl methyl sites for hydroxylation is 1. The Morgan fingerprint density at radius 3 is 2.05 bits per heavy atom. The SMILES string of the molecule is CCc1ccc(C(Cc2ccc(F)cc2)NC)cc1. The summed E-state index contributed by atoms with van der Waals surface area (Å²) in [6.45, 7) is 2.16. The summed E-state index contributed by atoms with van der Waals surface area (Å²) in [5.41, 5.74) is 3.75. The quantitative estimate of drug-likeness (QED) is 0.857. The zero-order valence-electron chi connectivity index (χ0n) is 11.5. The first kappa shape index (κ1) is 13.8. The van der Waals surface area contributed by atoms with Crippen molar-refractivity contribution in [1.82, 2.24) is 5.32 Å². The van der Waals surface area contributed by atoms with Gasteiger partial charge in [0.15, 0.2) is 0 Å². The van der Waals surface area contributed by atoms with Gasteiger partial charge in [0.1, 0.15) is 5.82 Å². The maximum atomic E-state index is 12.9. The van der Waals surface area contributed by atoms with Crippen LogP contribution >= 0.6 is 0 Å². The van der Waals surface area contributed by atoms with E-state index in [1.165, 1.54) is 23.3 Å². The molecule has 19 heavy (non-hydrogen) atoms. The number of hydrogen-bond donors (Lipinski definition) is 1. The lowest BCUT2D eigenvalue weighted by Crippen LogP contribution is -2.18. The number of halogens is 1. The molecule has 0 radical (unpaired) electrons. The zero-order valence-corrected chi connectivity index (χ0v) is 11.5. The molecule has 2 aromatic carbocycles. The van der Waals surface area contributed by atoms with E-state index >= 15 is 0 Å². The highest BCUT2D eigenvalue weighted by atomic mass is 19.1. The molecule has 0 amide bonds. The number of hydrogen-bond acceptors (Lipinski definition) is 1. The highest BCUT2D eigenvalue weighted by molar-refractivity contribution is 5.27. The Bertz CT molecular complexity index is 502. The summed E-state index contributed by atoms with van der Waals surface area (Å²) in [5.74, 6) is -0.183. The van der Waals surface area contributed by atoms with E-state index in [2.05, 4.69) is 36.5 Å². The molecule has 0 spiro atoms. The van der Waals surface area contributed by atoms with Crippen molar-refractivity contribution < 1.29 is 4.39 Å². The average Bonchev–Trinajstić information content (AvgIpc) is 2.47. The standard InChI is InChI=1S/C17H20FN/c1-3-13-4-8-15(9-5-13)17(19-2)12-14-6-10-16(18)11-7-14/h4-11,17,19H,3,12H2,1-2H3. The van der Waals surface area contributed by atoms with E-state index in [4.69, 9.17) is 0 Å². The summed E-state index contributed by atoms with van der Waals surface area (Å²) in [5, 5.41) is 3.33. The highest BCUT2D eigenvalue weighted by Gasteiger charge is 2.10. The van der Waals surface area contributed by atoms with Gasteiger partial charge in [0, 0.05) is 6.04 Å². The van der Waals surface area contributed by atoms with Crippen molar-refractivity contribution >= 4 is 0 Å². The molecule has 0 bridgehead atoms. The summed E-state index contributed by atoms with van der Waals surface area (Å²) in [4.78, 5) is 0. The minimum absolute atomic E-state index is 0.183. The van der Waals surface area contributed by atoms with Crippen LogP contribution in [0.15, 0.2) is 48.5 Å². The van der Waals surface area contributed by atoms with Crippen LogP contribution in [-0.2, 0) is 12.8 Å². The lowest BCUT2D eigenvalue weighted by atomic mass is 9.97. The van der Waals surface area contributed by atoms with Crippen molar-refractivity contribution in [3.05, 3.63) is 71.0 Å². The number of benzene rings is 2. The van der Waals surface area contributed by atoms with Crippen LogP contribution in [-0.4, -0.2) is 7.05 Å². The van der Waals surface area contributed by atoms with Crippen LogP contribution in [0.5, 0.6) is 0 Å². The van der Waals surface area contributed by atoms with E-state index in [1.807, 2.05) is 19.2 Å². The van der Waals surface area contributed by atoms with Crippen molar-refractivity contribution in [2.24, 2.45) is 0 Å². The second-order valence-electron chi connectivity index (χ2n) is 4.77. The van der Waals surface area contributed by atoms with Crippen LogP contribution in [0.1, 0.15) is 29.7 Å². The zero-order chi connectivity index (χ0) is 13.7. The van der Waals surface area contributed by atoms with Gasteiger partial charge in [-0.15, -0.1) is 0 Å². The Morgan fingerprint density at radius 2 is 1.53 bits per heavy atom. The molecule has 100 valence electrons. The lowest BCUT2D eigenvalue weighted by Gasteiger charge is -2.17. The van der Waals surface area contributed by atoms with Crippen molar-refractivity contribution in [3.63, 3.8) is 0 Å². The summed E-state index contributed by atoms with van der Waals surface area (Å²) < 4.78 is 12.9. The van der Waals surface area contributed by atoms with Crippen molar-refractivity contribution in [2.45, 2.75) is 25.8 Å². The first-order chi connectivity index (χ1) is 9.22. The van der Waals surface area contributed by atoms with Gasteiger partial charge in [-0.05, 0) is 48.7 Å². The molecular weight excluding hydrogens is 237 g/mol. The van der Waals surface area contributed by atoms with E-state index in [0.717, 1.165) is 18.4 Å². The predicted octanol–water partition coefficient (Wildman–Crippen LogP) is 3.89. The highest BCUT2D eigenvalue weighted by Crippen LogP contribution is 2.19. The maximum absolute atomic E-state index is 12.9. The monoisotopic (exact) mass is 257 g/mol. The summed E-state index contributed by atoms with van der Waals surface area (Å²) in [6.07, 6.45) is 1.92. The van der Waals surface area contributed by atoms with Gasteiger partial charge < -0.3 is 5.32 Å². The van der Waals surface area contributed by atoms with E-state index in [-0.39, 0.29) is 11.9 Å².